The Balaban J connectivity index is 1.82. The summed E-state index contributed by atoms with van der Waals surface area (Å²) < 4.78 is 15.2. The topological polar surface area (TPSA) is 0 Å². The van der Waals surface area contributed by atoms with Gasteiger partial charge < -0.3 is 0 Å². The van der Waals surface area contributed by atoms with E-state index < -0.39 is 0 Å². The van der Waals surface area contributed by atoms with E-state index in [-0.39, 0.29) is 11.7 Å². The van der Waals surface area contributed by atoms with E-state index in [0.29, 0.717) is 0 Å². The highest BCUT2D eigenvalue weighted by Crippen LogP contribution is 2.51. The Hall–Kier alpha value is -3.45. The Morgan fingerprint density at radius 2 is 1.14 bits per heavy atom. The maximum absolute atomic E-state index is 15.2. The highest BCUT2D eigenvalue weighted by atomic mass is 19.1. The van der Waals surface area contributed by atoms with Crippen LogP contribution in [0.2, 0.25) is 0 Å². The third kappa shape index (κ3) is 2.05. The van der Waals surface area contributed by atoms with E-state index in [9.17, 15) is 0 Å². The number of rotatable bonds is 1. The van der Waals surface area contributed by atoms with Gasteiger partial charge in [0.15, 0.2) is 0 Å². The minimum Gasteiger partial charge on any atom is -0.207 e. The first-order chi connectivity index (χ1) is 13.8. The van der Waals surface area contributed by atoms with Crippen molar-refractivity contribution in [2.45, 2.75) is 5.92 Å². The van der Waals surface area contributed by atoms with Crippen LogP contribution in [0, 0.1) is 5.82 Å². The zero-order chi connectivity index (χ0) is 18.7. The molecule has 0 saturated carbocycles. The van der Waals surface area contributed by atoms with Gasteiger partial charge in [-0.25, -0.2) is 4.39 Å². The molecule has 6 rings (SSSR count). The highest BCUT2D eigenvalue weighted by molar-refractivity contribution is 6.04. The molecule has 132 valence electrons. The summed E-state index contributed by atoms with van der Waals surface area (Å²) in [7, 11) is 0. The van der Waals surface area contributed by atoms with Gasteiger partial charge in [-0.05, 0) is 55.9 Å². The molecular weight excluding hydrogens is 343 g/mol. The van der Waals surface area contributed by atoms with Crippen LogP contribution in [-0.2, 0) is 0 Å². The third-order valence-electron chi connectivity index (χ3n) is 6.01. The largest absolute Gasteiger partial charge is 0.207 e. The van der Waals surface area contributed by atoms with Crippen molar-refractivity contribution in [3.8, 4) is 11.1 Å². The maximum Gasteiger partial charge on any atom is 0.127 e. The van der Waals surface area contributed by atoms with E-state index in [0.717, 1.165) is 16.7 Å². The monoisotopic (exact) mass is 360 g/mol. The standard InChI is InChI=1S/C27H17F/c28-24-15-7-14-22-21-12-5-6-13-23(21)27(26(22)24)25-19-10-3-1-8-17(19)16-18-9-2-4-11-20(18)25/h1-16,27H. The van der Waals surface area contributed by atoms with Crippen molar-refractivity contribution < 1.29 is 4.39 Å². The SMILES string of the molecule is Fc1cccc2c1C(c1c3ccccc3cc3ccccc13)c1ccccc1-2. The van der Waals surface area contributed by atoms with Crippen molar-refractivity contribution in [2.75, 3.05) is 0 Å². The van der Waals surface area contributed by atoms with Crippen molar-refractivity contribution in [3.05, 3.63) is 120 Å². The number of hydrogen-bond donors (Lipinski definition) is 0. The molecule has 28 heavy (non-hydrogen) atoms. The highest BCUT2D eigenvalue weighted by Gasteiger charge is 2.34. The maximum atomic E-state index is 15.2. The Morgan fingerprint density at radius 3 is 1.89 bits per heavy atom. The second-order valence-electron chi connectivity index (χ2n) is 7.45. The van der Waals surface area contributed by atoms with Gasteiger partial charge >= 0.3 is 0 Å². The van der Waals surface area contributed by atoms with Gasteiger partial charge in [0, 0.05) is 11.5 Å². The van der Waals surface area contributed by atoms with E-state index in [1.54, 1.807) is 6.07 Å². The average Bonchev–Trinajstić information content (AvgIpc) is 3.08. The zero-order valence-corrected chi connectivity index (χ0v) is 15.2. The molecule has 0 radical (unpaired) electrons. The van der Waals surface area contributed by atoms with Crippen LogP contribution in [0.4, 0.5) is 4.39 Å². The fraction of sp³-hybridized carbons (Fsp3) is 0.0370. The molecule has 1 aliphatic rings. The van der Waals surface area contributed by atoms with Crippen molar-refractivity contribution in [3.63, 3.8) is 0 Å². The second-order valence-corrected chi connectivity index (χ2v) is 7.45. The van der Waals surface area contributed by atoms with Crippen LogP contribution in [0.3, 0.4) is 0 Å². The first-order valence-corrected chi connectivity index (χ1v) is 9.61. The molecule has 1 atom stereocenters. The van der Waals surface area contributed by atoms with Crippen LogP contribution in [0.1, 0.15) is 22.6 Å². The fourth-order valence-electron chi connectivity index (χ4n) is 4.87. The fourth-order valence-corrected chi connectivity index (χ4v) is 4.87. The molecule has 0 bridgehead atoms. The first kappa shape index (κ1) is 15.6. The third-order valence-corrected chi connectivity index (χ3v) is 6.01. The quantitative estimate of drug-likeness (QED) is 0.270. The summed E-state index contributed by atoms with van der Waals surface area (Å²) >= 11 is 0. The van der Waals surface area contributed by atoms with Gasteiger partial charge in [-0.1, -0.05) is 84.9 Å². The summed E-state index contributed by atoms with van der Waals surface area (Å²) in [6.45, 7) is 0. The van der Waals surface area contributed by atoms with Gasteiger partial charge in [0.05, 0.1) is 0 Å². The summed E-state index contributed by atoms with van der Waals surface area (Å²) in [5, 5.41) is 4.77. The molecule has 0 N–H and O–H groups in total. The molecule has 1 aliphatic carbocycles. The average molecular weight is 360 g/mol. The van der Waals surface area contributed by atoms with Crippen molar-refractivity contribution in [2.24, 2.45) is 0 Å². The Bertz CT molecular complexity index is 1330. The van der Waals surface area contributed by atoms with E-state index in [1.807, 2.05) is 18.2 Å². The Labute approximate surface area is 162 Å². The summed E-state index contributed by atoms with van der Waals surface area (Å²) in [6, 6.07) is 32.9. The lowest BCUT2D eigenvalue weighted by atomic mass is 9.83. The van der Waals surface area contributed by atoms with Crippen LogP contribution in [0.5, 0.6) is 0 Å². The summed E-state index contributed by atoms with van der Waals surface area (Å²) in [5.74, 6) is -0.237. The van der Waals surface area contributed by atoms with Crippen LogP contribution in [-0.4, -0.2) is 0 Å². The molecule has 1 unspecified atom stereocenters. The van der Waals surface area contributed by atoms with Crippen molar-refractivity contribution in [1.82, 2.24) is 0 Å². The predicted octanol–water partition coefficient (Wildman–Crippen LogP) is 7.29. The lowest BCUT2D eigenvalue weighted by Gasteiger charge is -2.20. The Kier molecular flexibility index (Phi) is 3.21. The predicted molar refractivity (Wildman–Crippen MR) is 114 cm³/mol. The van der Waals surface area contributed by atoms with E-state index >= 15 is 4.39 Å². The number of hydrogen-bond acceptors (Lipinski definition) is 0. The van der Waals surface area contributed by atoms with Gasteiger partial charge in [0.25, 0.3) is 0 Å². The minimum atomic E-state index is -0.129. The molecule has 0 fully saturated rings. The van der Waals surface area contributed by atoms with Gasteiger partial charge in [0.2, 0.25) is 0 Å². The lowest BCUT2D eigenvalue weighted by Crippen LogP contribution is -2.03. The first-order valence-electron chi connectivity index (χ1n) is 9.61. The van der Waals surface area contributed by atoms with Crippen LogP contribution in [0.25, 0.3) is 32.7 Å². The summed E-state index contributed by atoms with van der Waals surface area (Å²) in [5.41, 5.74) is 5.33. The van der Waals surface area contributed by atoms with Crippen molar-refractivity contribution >= 4 is 21.5 Å². The number of fused-ring (bicyclic) bond motifs is 5. The second kappa shape index (κ2) is 5.77. The zero-order valence-electron chi connectivity index (χ0n) is 15.2. The smallest absolute Gasteiger partial charge is 0.127 e. The van der Waals surface area contributed by atoms with E-state index in [2.05, 4.69) is 72.8 Å². The molecule has 0 heterocycles. The van der Waals surface area contributed by atoms with E-state index in [4.69, 9.17) is 0 Å². The minimum absolute atomic E-state index is 0.108. The van der Waals surface area contributed by atoms with Gasteiger partial charge in [-0.2, -0.15) is 0 Å². The number of benzene rings is 5. The number of halogens is 1. The lowest BCUT2D eigenvalue weighted by molar-refractivity contribution is 0.611. The molecule has 0 nitrogen and oxygen atoms in total. The summed E-state index contributed by atoms with van der Waals surface area (Å²) in [4.78, 5) is 0. The van der Waals surface area contributed by atoms with E-state index in [1.165, 1.54) is 32.7 Å². The molecular formula is C27H17F. The molecule has 0 aliphatic heterocycles. The summed E-state index contributed by atoms with van der Waals surface area (Å²) in [6.07, 6.45) is 0. The molecule has 0 aromatic heterocycles. The van der Waals surface area contributed by atoms with Gasteiger partial charge in [0.1, 0.15) is 5.82 Å². The molecule has 0 spiro atoms. The van der Waals surface area contributed by atoms with Gasteiger partial charge in [-0.15, -0.1) is 0 Å². The molecule has 0 amide bonds. The normalized spacial score (nSPS) is 15.0. The van der Waals surface area contributed by atoms with Crippen LogP contribution >= 0.6 is 0 Å². The molecule has 1 heteroatoms. The molecule has 5 aromatic rings. The molecule has 0 saturated heterocycles. The Morgan fingerprint density at radius 1 is 0.536 bits per heavy atom. The van der Waals surface area contributed by atoms with Crippen LogP contribution < -0.4 is 0 Å². The van der Waals surface area contributed by atoms with Crippen molar-refractivity contribution in [1.29, 1.82) is 0 Å². The van der Waals surface area contributed by atoms with Gasteiger partial charge in [-0.3, -0.25) is 0 Å². The van der Waals surface area contributed by atoms with Crippen LogP contribution in [0.15, 0.2) is 97.1 Å². The molecule has 5 aromatic carbocycles.